The van der Waals surface area contributed by atoms with E-state index in [4.69, 9.17) is 0 Å². The average molecular weight is 676 g/mol. The molecule has 53 heavy (non-hydrogen) atoms. The predicted octanol–water partition coefficient (Wildman–Crippen LogP) is 12.8. The van der Waals surface area contributed by atoms with Crippen LogP contribution in [0.3, 0.4) is 0 Å². The third-order valence-electron chi connectivity index (χ3n) is 12.3. The molecule has 0 amide bonds. The zero-order valence-corrected chi connectivity index (χ0v) is 29.8. The predicted molar refractivity (Wildman–Crippen MR) is 219 cm³/mol. The summed E-state index contributed by atoms with van der Waals surface area (Å²) in [5.41, 5.74) is 21.0. The first-order chi connectivity index (χ1) is 26.1. The monoisotopic (exact) mass is 675 g/mol. The lowest BCUT2D eigenvalue weighted by Crippen LogP contribution is -2.43. The number of hydrogen-bond acceptors (Lipinski definition) is 1. The van der Waals surface area contributed by atoms with Crippen molar-refractivity contribution in [2.24, 2.45) is 0 Å². The third kappa shape index (κ3) is 3.81. The minimum absolute atomic E-state index is 0.448. The number of nitrogens with zero attached hydrogens (tertiary/aromatic N) is 1. The van der Waals surface area contributed by atoms with Gasteiger partial charge in [0, 0.05) is 16.9 Å². The van der Waals surface area contributed by atoms with E-state index in [9.17, 15) is 0 Å². The van der Waals surface area contributed by atoms with E-state index in [1.165, 1.54) is 83.6 Å². The van der Waals surface area contributed by atoms with Gasteiger partial charge in [0.05, 0.1) is 16.5 Å². The Balaban J connectivity index is 1.27. The Bertz CT molecular complexity index is 2610. The highest BCUT2D eigenvalue weighted by Crippen LogP contribution is 2.68. The zero-order valence-electron chi connectivity index (χ0n) is 29.8. The standard InChI is InChI=1S/C52H37N/c1-34-26-30-36(31-27-34)53(37-32-28-35(2)29-33-37)49-25-13-24-48-50(49)40-16-5-8-19-43(40)52(48)46-22-11-9-20-44(46)51(45-21-10-12-23-47(45)52)41-17-6-3-14-38(41)39-15-4-7-18-42(39)51/h3-33H,1-2H3. The first-order valence-corrected chi connectivity index (χ1v) is 18.7. The van der Waals surface area contributed by atoms with Crippen LogP contribution < -0.4 is 4.90 Å². The van der Waals surface area contributed by atoms with E-state index in [-0.39, 0.29) is 0 Å². The fourth-order valence-electron chi connectivity index (χ4n) is 10.3. The van der Waals surface area contributed by atoms with E-state index in [1.807, 2.05) is 0 Å². The molecule has 0 fully saturated rings. The van der Waals surface area contributed by atoms with Crippen LogP contribution in [0.2, 0.25) is 0 Å². The summed E-state index contributed by atoms with van der Waals surface area (Å²) in [7, 11) is 0. The van der Waals surface area contributed by atoms with Crippen molar-refractivity contribution in [3.8, 4) is 22.3 Å². The van der Waals surface area contributed by atoms with Crippen molar-refractivity contribution in [1.82, 2.24) is 0 Å². The highest BCUT2D eigenvalue weighted by Gasteiger charge is 2.59. The van der Waals surface area contributed by atoms with Gasteiger partial charge in [0.2, 0.25) is 0 Å². The van der Waals surface area contributed by atoms with E-state index >= 15 is 0 Å². The molecule has 8 aromatic carbocycles. The molecule has 11 rings (SSSR count). The Morgan fingerprint density at radius 1 is 0.302 bits per heavy atom. The van der Waals surface area contributed by atoms with Gasteiger partial charge in [0.15, 0.2) is 0 Å². The fourth-order valence-corrected chi connectivity index (χ4v) is 10.3. The Hall–Kier alpha value is -6.44. The van der Waals surface area contributed by atoms with Crippen molar-refractivity contribution in [3.63, 3.8) is 0 Å². The molecule has 0 atom stereocenters. The Labute approximate surface area is 311 Å². The summed E-state index contributed by atoms with van der Waals surface area (Å²) < 4.78 is 0. The maximum absolute atomic E-state index is 2.46. The molecule has 1 nitrogen and oxygen atoms in total. The maximum atomic E-state index is 2.46. The third-order valence-corrected chi connectivity index (χ3v) is 12.3. The minimum atomic E-state index is -0.529. The van der Waals surface area contributed by atoms with Gasteiger partial charge in [-0.25, -0.2) is 0 Å². The van der Waals surface area contributed by atoms with Crippen LogP contribution >= 0.6 is 0 Å². The number of fused-ring (bicyclic) bond motifs is 16. The molecular weight excluding hydrogens is 639 g/mol. The molecule has 0 radical (unpaired) electrons. The lowest BCUT2D eigenvalue weighted by atomic mass is 9.52. The molecule has 3 aliphatic carbocycles. The summed E-state index contributed by atoms with van der Waals surface area (Å²) in [5, 5.41) is 0. The topological polar surface area (TPSA) is 3.24 Å². The second-order valence-corrected chi connectivity index (χ2v) is 14.9. The second-order valence-electron chi connectivity index (χ2n) is 14.9. The number of hydrogen-bond donors (Lipinski definition) is 0. The molecule has 8 aromatic rings. The van der Waals surface area contributed by atoms with Crippen molar-refractivity contribution < 1.29 is 0 Å². The molecule has 3 aliphatic rings. The van der Waals surface area contributed by atoms with Gasteiger partial charge in [-0.1, -0.05) is 169 Å². The molecule has 0 aliphatic heterocycles. The van der Waals surface area contributed by atoms with E-state index in [0.717, 1.165) is 11.4 Å². The van der Waals surface area contributed by atoms with Crippen molar-refractivity contribution in [2.45, 2.75) is 24.7 Å². The van der Waals surface area contributed by atoms with Crippen LogP contribution in [-0.2, 0) is 10.8 Å². The van der Waals surface area contributed by atoms with E-state index in [2.05, 4.69) is 207 Å². The lowest BCUT2D eigenvalue weighted by Gasteiger charge is -2.48. The summed E-state index contributed by atoms with van der Waals surface area (Å²) in [4.78, 5) is 2.46. The molecule has 2 spiro atoms. The van der Waals surface area contributed by atoms with Crippen molar-refractivity contribution >= 4 is 17.1 Å². The van der Waals surface area contributed by atoms with Gasteiger partial charge < -0.3 is 4.90 Å². The van der Waals surface area contributed by atoms with E-state index in [0.29, 0.717) is 0 Å². The molecule has 0 N–H and O–H groups in total. The number of aryl methyl sites for hydroxylation is 2. The maximum Gasteiger partial charge on any atom is 0.0720 e. The summed E-state index contributed by atoms with van der Waals surface area (Å²) in [6.45, 7) is 4.32. The van der Waals surface area contributed by atoms with Gasteiger partial charge in [-0.3, -0.25) is 0 Å². The van der Waals surface area contributed by atoms with Crippen molar-refractivity contribution in [3.05, 3.63) is 244 Å². The number of benzene rings is 8. The van der Waals surface area contributed by atoms with Crippen LogP contribution in [0.25, 0.3) is 22.3 Å². The van der Waals surface area contributed by atoms with Gasteiger partial charge in [0.25, 0.3) is 0 Å². The van der Waals surface area contributed by atoms with Crippen LogP contribution in [0.1, 0.15) is 55.6 Å². The number of rotatable bonds is 3. The van der Waals surface area contributed by atoms with Crippen LogP contribution in [0.5, 0.6) is 0 Å². The van der Waals surface area contributed by atoms with Gasteiger partial charge >= 0.3 is 0 Å². The first kappa shape index (κ1) is 30.2. The van der Waals surface area contributed by atoms with Crippen molar-refractivity contribution in [1.29, 1.82) is 0 Å². The minimum Gasteiger partial charge on any atom is -0.310 e. The quantitative estimate of drug-likeness (QED) is 0.180. The van der Waals surface area contributed by atoms with Gasteiger partial charge in [0.1, 0.15) is 0 Å². The summed E-state index contributed by atoms with van der Waals surface area (Å²) in [6.07, 6.45) is 0. The van der Waals surface area contributed by atoms with Gasteiger partial charge in [-0.2, -0.15) is 0 Å². The summed E-state index contributed by atoms with van der Waals surface area (Å²) >= 11 is 0. The number of anilines is 3. The molecule has 0 heterocycles. The average Bonchev–Trinajstić information content (AvgIpc) is 3.68. The van der Waals surface area contributed by atoms with E-state index < -0.39 is 10.8 Å². The Morgan fingerprint density at radius 3 is 1.09 bits per heavy atom. The fraction of sp³-hybridized carbons (Fsp3) is 0.0769. The largest absolute Gasteiger partial charge is 0.310 e. The van der Waals surface area contributed by atoms with Gasteiger partial charge in [-0.05, 0) is 105 Å². The highest BCUT2D eigenvalue weighted by molar-refractivity contribution is 5.99. The van der Waals surface area contributed by atoms with Gasteiger partial charge in [-0.15, -0.1) is 0 Å². The molecule has 0 saturated carbocycles. The molecule has 1 heteroatoms. The first-order valence-electron chi connectivity index (χ1n) is 18.7. The lowest BCUT2D eigenvalue weighted by molar-refractivity contribution is 0.633. The zero-order chi connectivity index (χ0) is 35.3. The second kappa shape index (κ2) is 11.0. The Kier molecular flexibility index (Phi) is 6.29. The van der Waals surface area contributed by atoms with E-state index in [1.54, 1.807) is 0 Å². The van der Waals surface area contributed by atoms with Crippen LogP contribution in [0, 0.1) is 13.8 Å². The SMILES string of the molecule is Cc1ccc(N(c2ccc(C)cc2)c2cccc3c2-c2ccccc2C32c3ccccc3C3(c4ccccc4-c4ccccc43)c3ccccc32)cc1. The van der Waals surface area contributed by atoms with Crippen molar-refractivity contribution in [2.75, 3.05) is 4.90 Å². The normalized spacial score (nSPS) is 14.5. The van der Waals surface area contributed by atoms with Crippen LogP contribution in [0.15, 0.2) is 188 Å². The highest BCUT2D eigenvalue weighted by atomic mass is 15.1. The summed E-state index contributed by atoms with van der Waals surface area (Å²) in [6, 6.07) is 71.0. The van der Waals surface area contributed by atoms with Crippen LogP contribution in [-0.4, -0.2) is 0 Å². The molecule has 0 aromatic heterocycles. The van der Waals surface area contributed by atoms with Crippen LogP contribution in [0.4, 0.5) is 17.1 Å². The summed E-state index contributed by atoms with van der Waals surface area (Å²) in [5.74, 6) is 0. The molecule has 0 saturated heterocycles. The smallest absolute Gasteiger partial charge is 0.0720 e. The molecule has 0 unspecified atom stereocenters. The molecule has 250 valence electrons. The Morgan fingerprint density at radius 2 is 0.642 bits per heavy atom. The molecule has 0 bridgehead atoms. The molecular formula is C52H37N.